The van der Waals surface area contributed by atoms with Gasteiger partial charge in [0, 0.05) is 7.05 Å². The van der Waals surface area contributed by atoms with E-state index in [2.05, 4.69) is 23.1 Å². The number of aromatic nitrogens is 4. The smallest absolute Gasteiger partial charge is 0.387 e. The maximum atomic E-state index is 12.2. The van der Waals surface area contributed by atoms with Crippen molar-refractivity contribution in [3.8, 4) is 0 Å². The zero-order valence-electron chi connectivity index (χ0n) is 16.3. The molecule has 6 unspecified atom stereocenters. The van der Waals surface area contributed by atoms with E-state index in [9.17, 15) is 33.6 Å². The van der Waals surface area contributed by atoms with E-state index in [4.69, 9.17) is 25.2 Å². The second-order valence-electron chi connectivity index (χ2n) is 6.59. The molecule has 2 aromatic heterocycles. The van der Waals surface area contributed by atoms with Crippen LogP contribution >= 0.6 is 23.5 Å². The molecule has 1 fully saturated rings. The molecule has 186 valence electrons. The van der Waals surface area contributed by atoms with Crippen LogP contribution in [-0.4, -0.2) is 73.8 Å². The third kappa shape index (κ3) is 5.75. The van der Waals surface area contributed by atoms with Crippen molar-refractivity contribution in [2.24, 2.45) is 7.05 Å². The number of imidazole rings is 1. The van der Waals surface area contributed by atoms with Crippen LogP contribution < -0.4 is 11.3 Å². The maximum absolute atomic E-state index is 12.2. The van der Waals surface area contributed by atoms with Gasteiger partial charge in [0.25, 0.3) is 5.56 Å². The fourth-order valence-electron chi connectivity index (χ4n) is 2.82. The number of hydrogen-bond donors (Lipinski definition) is 7. The third-order valence-electron chi connectivity index (χ3n) is 4.27. The highest BCUT2D eigenvalue weighted by Gasteiger charge is 2.47. The number of nitrogens with two attached hydrogens (primary N) is 1. The van der Waals surface area contributed by atoms with Crippen LogP contribution in [0.5, 0.6) is 0 Å². The Morgan fingerprint density at radius 1 is 1.12 bits per heavy atom. The number of hydrogen-bond acceptors (Lipinski definition) is 13. The van der Waals surface area contributed by atoms with Gasteiger partial charge in [0.1, 0.15) is 18.3 Å². The van der Waals surface area contributed by atoms with Crippen molar-refractivity contribution >= 4 is 40.6 Å². The van der Waals surface area contributed by atoms with E-state index < -0.39 is 60.2 Å². The molecule has 1 aliphatic heterocycles. The van der Waals surface area contributed by atoms with Gasteiger partial charge in [-0.2, -0.15) is 13.6 Å². The Hall–Kier alpha value is -1.56. The Kier molecular flexibility index (Phi) is 7.03. The summed E-state index contributed by atoms with van der Waals surface area (Å²) in [5, 5.41) is 20.5. The standard InChI is InChI=1S/C11H18N5O14P3/c1-15-9(19)5-8(14-11(15)12)16(3-13-5)10-7(18)6(17)4(28-10)2-27-32(23,24)30-33(25,26)29-31(20,21)22/h3-4,6-7,10,17-18H,2H2,1H3,(H2,12,14)(H,23,24)(H,25,26)(H2,20,21,22). The molecule has 8 N–H and O–H groups in total. The molecule has 19 nitrogen and oxygen atoms in total. The predicted molar refractivity (Wildman–Crippen MR) is 103 cm³/mol. The number of aliphatic hydroxyl groups excluding tert-OH is 2. The first-order valence-electron chi connectivity index (χ1n) is 8.50. The highest BCUT2D eigenvalue weighted by atomic mass is 31.3. The van der Waals surface area contributed by atoms with Gasteiger partial charge in [0.05, 0.1) is 12.9 Å². The second kappa shape index (κ2) is 8.90. The van der Waals surface area contributed by atoms with Gasteiger partial charge in [-0.3, -0.25) is 18.5 Å². The van der Waals surface area contributed by atoms with E-state index in [0.29, 0.717) is 0 Å². The molecule has 0 aliphatic carbocycles. The third-order valence-corrected chi connectivity index (χ3v) is 8.07. The normalized spacial score (nSPS) is 27.5. The fourth-order valence-corrected chi connectivity index (χ4v) is 5.85. The summed E-state index contributed by atoms with van der Waals surface area (Å²) in [6.07, 6.45) is -5.31. The van der Waals surface area contributed by atoms with Crippen LogP contribution in [0.3, 0.4) is 0 Å². The minimum atomic E-state index is -5.73. The summed E-state index contributed by atoms with van der Waals surface area (Å²) in [5.74, 6) is -0.188. The van der Waals surface area contributed by atoms with Crippen molar-refractivity contribution in [3.05, 3.63) is 16.7 Å². The topological polar surface area (TPSA) is 288 Å². The zero-order chi connectivity index (χ0) is 24.9. The second-order valence-corrected chi connectivity index (χ2v) is 11.0. The predicted octanol–water partition coefficient (Wildman–Crippen LogP) is -2.33. The lowest BCUT2D eigenvalue weighted by Crippen LogP contribution is -2.33. The lowest BCUT2D eigenvalue weighted by atomic mass is 10.1. The van der Waals surface area contributed by atoms with Crippen LogP contribution in [0.25, 0.3) is 11.2 Å². The van der Waals surface area contributed by atoms with Crippen LogP contribution in [0.15, 0.2) is 11.1 Å². The minimum absolute atomic E-state index is 0.0969. The molecule has 1 saturated heterocycles. The van der Waals surface area contributed by atoms with Gasteiger partial charge in [-0.15, -0.1) is 0 Å². The molecule has 6 atom stereocenters. The summed E-state index contributed by atoms with van der Waals surface area (Å²) in [5.41, 5.74) is 4.82. The highest BCUT2D eigenvalue weighted by molar-refractivity contribution is 7.66. The molecule has 0 saturated carbocycles. The van der Waals surface area contributed by atoms with Gasteiger partial charge >= 0.3 is 23.5 Å². The summed E-state index contributed by atoms with van der Waals surface area (Å²) in [6.45, 7) is -1.01. The Bertz CT molecular complexity index is 1260. The number of fused-ring (bicyclic) bond motifs is 1. The van der Waals surface area contributed by atoms with Crippen molar-refractivity contribution in [1.82, 2.24) is 19.1 Å². The summed E-state index contributed by atoms with van der Waals surface area (Å²) in [6, 6.07) is 0. The van der Waals surface area contributed by atoms with Crippen molar-refractivity contribution < 1.29 is 61.4 Å². The molecule has 3 rings (SSSR count). The molecule has 0 amide bonds. The highest BCUT2D eigenvalue weighted by Crippen LogP contribution is 2.66. The number of nitrogen functional groups attached to an aromatic ring is 1. The molecule has 2 aromatic rings. The molecule has 3 heterocycles. The number of rotatable bonds is 8. The zero-order valence-corrected chi connectivity index (χ0v) is 18.9. The van der Waals surface area contributed by atoms with Crippen LogP contribution in [-0.2, 0) is 38.6 Å². The van der Waals surface area contributed by atoms with Gasteiger partial charge in [-0.25, -0.2) is 18.7 Å². The Labute approximate surface area is 182 Å². The maximum Gasteiger partial charge on any atom is 0.490 e. The van der Waals surface area contributed by atoms with Gasteiger partial charge < -0.3 is 40.3 Å². The molecular weight excluding hydrogens is 519 g/mol. The van der Waals surface area contributed by atoms with E-state index >= 15 is 0 Å². The quantitative estimate of drug-likeness (QED) is 0.174. The Morgan fingerprint density at radius 3 is 2.36 bits per heavy atom. The molecule has 0 aromatic carbocycles. The van der Waals surface area contributed by atoms with Gasteiger partial charge in [-0.1, -0.05) is 0 Å². The first-order valence-corrected chi connectivity index (χ1v) is 13.0. The van der Waals surface area contributed by atoms with Crippen LogP contribution in [0.2, 0.25) is 0 Å². The number of aliphatic hydroxyl groups is 2. The number of ether oxygens (including phenoxy) is 1. The summed E-state index contributed by atoms with van der Waals surface area (Å²) in [4.78, 5) is 55.7. The molecule has 33 heavy (non-hydrogen) atoms. The largest absolute Gasteiger partial charge is 0.490 e. The fraction of sp³-hybridized carbons (Fsp3) is 0.545. The molecule has 0 bridgehead atoms. The monoisotopic (exact) mass is 537 g/mol. The SMILES string of the molecule is Cn1c(N)nc2c(ncn2C2OC(COP(=O)(O)OP(=O)(O)OP(=O)(O)O)C(O)C2O)c1=O. The Morgan fingerprint density at radius 2 is 1.76 bits per heavy atom. The Balaban J connectivity index is 1.75. The molecular formula is C11H18N5O14P3. The van der Waals surface area contributed by atoms with E-state index in [-0.39, 0.29) is 17.1 Å². The minimum Gasteiger partial charge on any atom is -0.387 e. The van der Waals surface area contributed by atoms with Gasteiger partial charge in [0.2, 0.25) is 5.95 Å². The van der Waals surface area contributed by atoms with E-state index in [1.54, 1.807) is 0 Å². The average Bonchev–Trinajstić information content (AvgIpc) is 3.17. The lowest BCUT2D eigenvalue weighted by Gasteiger charge is -2.19. The number of phosphoric acid groups is 3. The number of phosphoric ester groups is 1. The van der Waals surface area contributed by atoms with Crippen molar-refractivity contribution in [2.45, 2.75) is 24.5 Å². The number of anilines is 1. The van der Waals surface area contributed by atoms with Crippen molar-refractivity contribution in [3.63, 3.8) is 0 Å². The van der Waals surface area contributed by atoms with Crippen LogP contribution in [0.1, 0.15) is 6.23 Å². The van der Waals surface area contributed by atoms with Gasteiger partial charge in [0.15, 0.2) is 17.4 Å². The first kappa shape index (κ1) is 26.1. The van der Waals surface area contributed by atoms with E-state index in [1.165, 1.54) is 7.05 Å². The summed E-state index contributed by atoms with van der Waals surface area (Å²) < 4.78 is 52.8. The average molecular weight is 537 g/mol. The molecule has 0 radical (unpaired) electrons. The van der Waals surface area contributed by atoms with Crippen LogP contribution in [0.4, 0.5) is 5.95 Å². The van der Waals surface area contributed by atoms with E-state index in [0.717, 1.165) is 15.5 Å². The van der Waals surface area contributed by atoms with Crippen molar-refractivity contribution in [2.75, 3.05) is 12.3 Å². The van der Waals surface area contributed by atoms with Crippen LogP contribution in [0, 0.1) is 0 Å². The summed E-state index contributed by atoms with van der Waals surface area (Å²) >= 11 is 0. The van der Waals surface area contributed by atoms with Crippen molar-refractivity contribution in [1.29, 1.82) is 0 Å². The molecule has 22 heteroatoms. The first-order chi connectivity index (χ1) is 15.0. The molecule has 0 spiro atoms. The summed E-state index contributed by atoms with van der Waals surface area (Å²) in [7, 11) is -15.4. The van der Waals surface area contributed by atoms with E-state index in [1.807, 2.05) is 0 Å². The van der Waals surface area contributed by atoms with Gasteiger partial charge in [-0.05, 0) is 0 Å². The number of nitrogens with zero attached hydrogens (tertiary/aromatic N) is 4. The molecule has 1 aliphatic rings. The lowest BCUT2D eigenvalue weighted by molar-refractivity contribution is -0.0503.